The Morgan fingerprint density at radius 3 is 2.55 bits per heavy atom. The highest BCUT2D eigenvalue weighted by atomic mass is 16.5. The molecule has 1 amide bonds. The lowest BCUT2D eigenvalue weighted by molar-refractivity contribution is 0.165. The zero-order valence-corrected chi connectivity index (χ0v) is 7.26. The first-order chi connectivity index (χ1) is 5.06. The molecule has 0 aromatic heterocycles. The van der Waals surface area contributed by atoms with Crippen LogP contribution in [0.2, 0.25) is 0 Å². The van der Waals surface area contributed by atoms with Gasteiger partial charge in [-0.2, -0.15) is 0 Å². The molecule has 66 valence electrons. The molecule has 0 aromatic rings. The minimum Gasteiger partial charge on any atom is -0.453 e. The SMILES string of the molecule is COC(=O)N[C@@H](N)CC(C)C. The molecule has 11 heavy (non-hydrogen) atoms. The van der Waals surface area contributed by atoms with Crippen LogP contribution in [0.25, 0.3) is 0 Å². The highest BCUT2D eigenvalue weighted by Crippen LogP contribution is 1.99. The Labute approximate surface area is 67.1 Å². The van der Waals surface area contributed by atoms with E-state index in [9.17, 15) is 4.79 Å². The maximum absolute atomic E-state index is 10.6. The Balaban J connectivity index is 3.51. The minimum absolute atomic E-state index is 0.303. The number of rotatable bonds is 3. The number of ether oxygens (including phenoxy) is 1. The van der Waals surface area contributed by atoms with E-state index in [1.165, 1.54) is 7.11 Å². The Morgan fingerprint density at radius 1 is 1.64 bits per heavy atom. The monoisotopic (exact) mass is 160 g/mol. The third-order valence-electron chi connectivity index (χ3n) is 1.21. The second-order valence-corrected chi connectivity index (χ2v) is 2.87. The van der Waals surface area contributed by atoms with Crippen molar-refractivity contribution in [2.45, 2.75) is 26.4 Å². The first kappa shape index (κ1) is 10.2. The van der Waals surface area contributed by atoms with Crippen LogP contribution in [0.15, 0.2) is 0 Å². The number of nitrogens with one attached hydrogen (secondary N) is 1. The van der Waals surface area contributed by atoms with Gasteiger partial charge in [0.1, 0.15) is 0 Å². The van der Waals surface area contributed by atoms with Crippen molar-refractivity contribution < 1.29 is 9.53 Å². The molecule has 0 bridgehead atoms. The van der Waals surface area contributed by atoms with Crippen molar-refractivity contribution in [3.8, 4) is 0 Å². The van der Waals surface area contributed by atoms with Crippen molar-refractivity contribution in [2.24, 2.45) is 11.7 Å². The molecule has 0 rings (SSSR count). The number of nitrogens with two attached hydrogens (primary N) is 1. The van der Waals surface area contributed by atoms with Crippen molar-refractivity contribution >= 4 is 6.09 Å². The van der Waals surface area contributed by atoms with Gasteiger partial charge in [-0.25, -0.2) is 4.79 Å². The molecule has 1 atom stereocenters. The van der Waals surface area contributed by atoms with Gasteiger partial charge in [0.2, 0.25) is 0 Å². The van der Waals surface area contributed by atoms with Crippen LogP contribution in [0.5, 0.6) is 0 Å². The van der Waals surface area contributed by atoms with Crippen LogP contribution in [-0.4, -0.2) is 19.4 Å². The van der Waals surface area contributed by atoms with Crippen LogP contribution in [0.3, 0.4) is 0 Å². The summed E-state index contributed by atoms with van der Waals surface area (Å²) in [6.45, 7) is 4.08. The van der Waals surface area contributed by atoms with E-state index in [0.29, 0.717) is 5.92 Å². The van der Waals surface area contributed by atoms with E-state index >= 15 is 0 Å². The summed E-state index contributed by atoms with van der Waals surface area (Å²) < 4.78 is 4.37. The molecule has 0 aliphatic carbocycles. The van der Waals surface area contributed by atoms with Gasteiger partial charge in [-0.05, 0) is 12.3 Å². The number of alkyl carbamates (subject to hydrolysis) is 1. The Bertz CT molecular complexity index is 126. The first-order valence-corrected chi connectivity index (χ1v) is 3.66. The summed E-state index contributed by atoms with van der Waals surface area (Å²) in [6.07, 6.45) is -0.0182. The molecule has 0 spiro atoms. The van der Waals surface area contributed by atoms with Crippen LogP contribution < -0.4 is 11.1 Å². The molecule has 0 aliphatic rings. The number of carbonyl (C=O) groups excluding carboxylic acids is 1. The third-order valence-corrected chi connectivity index (χ3v) is 1.21. The van der Waals surface area contributed by atoms with E-state index in [1.807, 2.05) is 13.8 Å². The molecule has 0 unspecified atom stereocenters. The molecule has 0 aliphatic heterocycles. The molecular weight excluding hydrogens is 144 g/mol. The summed E-state index contributed by atoms with van der Waals surface area (Å²) in [6, 6.07) is 0. The minimum atomic E-state index is -0.474. The van der Waals surface area contributed by atoms with Crippen LogP contribution in [0.4, 0.5) is 4.79 Å². The summed E-state index contributed by atoms with van der Waals surface area (Å²) in [5.41, 5.74) is 5.54. The van der Waals surface area contributed by atoms with Crippen molar-refractivity contribution in [3.05, 3.63) is 0 Å². The van der Waals surface area contributed by atoms with Gasteiger partial charge < -0.3 is 15.8 Å². The average Bonchev–Trinajstić information content (AvgIpc) is 1.85. The van der Waals surface area contributed by atoms with Gasteiger partial charge >= 0.3 is 6.09 Å². The molecule has 0 radical (unpaired) electrons. The number of amides is 1. The van der Waals surface area contributed by atoms with E-state index in [1.54, 1.807) is 0 Å². The van der Waals surface area contributed by atoms with Gasteiger partial charge in [0.05, 0.1) is 13.3 Å². The van der Waals surface area contributed by atoms with E-state index in [-0.39, 0.29) is 6.17 Å². The molecule has 0 fully saturated rings. The Hall–Kier alpha value is -0.770. The molecule has 3 N–H and O–H groups in total. The average molecular weight is 160 g/mol. The maximum atomic E-state index is 10.6. The zero-order valence-electron chi connectivity index (χ0n) is 7.26. The quantitative estimate of drug-likeness (QED) is 0.596. The highest BCUT2D eigenvalue weighted by molar-refractivity contribution is 5.67. The van der Waals surface area contributed by atoms with Crippen LogP contribution >= 0.6 is 0 Å². The third kappa shape index (κ3) is 5.66. The smallest absolute Gasteiger partial charge is 0.408 e. The van der Waals surface area contributed by atoms with Crippen molar-refractivity contribution in [3.63, 3.8) is 0 Å². The summed E-state index contributed by atoms with van der Waals surface area (Å²) in [4.78, 5) is 10.6. The first-order valence-electron chi connectivity index (χ1n) is 3.66. The van der Waals surface area contributed by atoms with Gasteiger partial charge in [0.15, 0.2) is 0 Å². The van der Waals surface area contributed by atoms with Gasteiger partial charge in [-0.3, -0.25) is 0 Å². The molecule has 0 heterocycles. The largest absolute Gasteiger partial charge is 0.453 e. The zero-order chi connectivity index (χ0) is 8.85. The summed E-state index contributed by atoms with van der Waals surface area (Å²) >= 11 is 0. The molecule has 0 aromatic carbocycles. The highest BCUT2D eigenvalue weighted by Gasteiger charge is 2.07. The number of methoxy groups -OCH3 is 1. The number of carbonyl (C=O) groups is 1. The Kier molecular flexibility index (Phi) is 4.61. The fraction of sp³-hybridized carbons (Fsp3) is 0.857. The molecular formula is C7H16N2O2. The molecule has 0 saturated heterocycles. The van der Waals surface area contributed by atoms with Gasteiger partial charge in [-0.1, -0.05) is 13.8 Å². The molecule has 4 heteroatoms. The predicted octanol–water partition coefficient (Wildman–Crippen LogP) is 0.673. The van der Waals surface area contributed by atoms with Crippen molar-refractivity contribution in [1.82, 2.24) is 5.32 Å². The lowest BCUT2D eigenvalue weighted by Gasteiger charge is -2.14. The second-order valence-electron chi connectivity index (χ2n) is 2.87. The predicted molar refractivity (Wildman–Crippen MR) is 43.0 cm³/mol. The van der Waals surface area contributed by atoms with E-state index in [4.69, 9.17) is 5.73 Å². The fourth-order valence-corrected chi connectivity index (χ4v) is 0.777. The molecule has 0 saturated carbocycles. The van der Waals surface area contributed by atoms with Gasteiger partial charge in [0.25, 0.3) is 0 Å². The fourth-order valence-electron chi connectivity index (χ4n) is 0.777. The summed E-state index contributed by atoms with van der Waals surface area (Å²) in [5.74, 6) is 0.474. The van der Waals surface area contributed by atoms with E-state index in [0.717, 1.165) is 6.42 Å². The topological polar surface area (TPSA) is 64.3 Å². The van der Waals surface area contributed by atoms with Crippen LogP contribution in [0.1, 0.15) is 20.3 Å². The standard InChI is InChI=1S/C7H16N2O2/c1-5(2)4-6(8)9-7(10)11-3/h5-6H,4,8H2,1-3H3,(H,9,10)/t6-/m1/s1. The number of hydrogen-bond acceptors (Lipinski definition) is 3. The Morgan fingerprint density at radius 2 is 2.18 bits per heavy atom. The normalized spacial score (nSPS) is 12.8. The lowest BCUT2D eigenvalue weighted by atomic mass is 10.1. The second kappa shape index (κ2) is 4.96. The maximum Gasteiger partial charge on any atom is 0.408 e. The van der Waals surface area contributed by atoms with E-state index < -0.39 is 6.09 Å². The number of hydrogen-bond donors (Lipinski definition) is 2. The van der Waals surface area contributed by atoms with Gasteiger partial charge in [0, 0.05) is 0 Å². The van der Waals surface area contributed by atoms with Crippen LogP contribution in [-0.2, 0) is 4.74 Å². The van der Waals surface area contributed by atoms with E-state index in [2.05, 4.69) is 10.1 Å². The van der Waals surface area contributed by atoms with Crippen molar-refractivity contribution in [2.75, 3.05) is 7.11 Å². The van der Waals surface area contributed by atoms with Crippen LogP contribution in [0, 0.1) is 5.92 Å². The van der Waals surface area contributed by atoms with Gasteiger partial charge in [-0.15, -0.1) is 0 Å². The lowest BCUT2D eigenvalue weighted by Crippen LogP contribution is -2.42. The molecule has 4 nitrogen and oxygen atoms in total. The van der Waals surface area contributed by atoms with Crippen molar-refractivity contribution in [1.29, 1.82) is 0 Å². The summed E-state index contributed by atoms with van der Waals surface area (Å²) in [7, 11) is 1.32. The summed E-state index contributed by atoms with van der Waals surface area (Å²) in [5, 5.41) is 2.48.